The second kappa shape index (κ2) is 41.6. The minimum atomic E-state index is -4.63. The van der Waals surface area contributed by atoms with E-state index >= 15 is 0 Å². The molecule has 346 valence electrons. The van der Waals surface area contributed by atoms with E-state index in [4.69, 9.17) is 18.5 Å². The van der Waals surface area contributed by atoms with Crippen LogP contribution in [0.5, 0.6) is 0 Å². The molecule has 0 saturated carbocycles. The van der Waals surface area contributed by atoms with Crippen molar-refractivity contribution in [3.63, 3.8) is 0 Å². The van der Waals surface area contributed by atoms with E-state index in [0.717, 1.165) is 70.6 Å². The molecule has 59 heavy (non-hydrogen) atoms. The van der Waals surface area contributed by atoms with Gasteiger partial charge in [0.05, 0.1) is 27.7 Å². The first-order valence-electron chi connectivity index (χ1n) is 24.2. The zero-order chi connectivity index (χ0) is 43.6. The van der Waals surface area contributed by atoms with Crippen molar-refractivity contribution in [2.45, 2.75) is 219 Å². The standard InChI is InChI=1S/C49H92NO8P/c1-6-8-10-12-14-16-18-20-22-23-24-25-26-28-29-31-33-35-37-39-41-48(51)55-45-47(46-57-59(53,54)56-44-43-50(3,4)5)58-49(52)42-40-38-36-34-32-30-27-21-19-17-15-13-11-9-7-2/h9,11,15,17,21,27,47H,6-8,10,12-14,16,18-20,22-26,28-46H2,1-5H3/b11-9+,17-15+,27-21+/t47-/m1/s1. The van der Waals surface area contributed by atoms with Crippen molar-refractivity contribution in [1.29, 1.82) is 0 Å². The molecule has 0 bridgehead atoms. The Labute approximate surface area is 363 Å². The van der Waals surface area contributed by atoms with Crippen LogP contribution in [-0.4, -0.2) is 70.0 Å². The van der Waals surface area contributed by atoms with Crippen molar-refractivity contribution in [1.82, 2.24) is 0 Å². The smallest absolute Gasteiger partial charge is 0.306 e. The highest BCUT2D eigenvalue weighted by molar-refractivity contribution is 7.45. The summed E-state index contributed by atoms with van der Waals surface area (Å²) in [5.41, 5.74) is 0. The lowest BCUT2D eigenvalue weighted by Gasteiger charge is -2.28. The fourth-order valence-corrected chi connectivity index (χ4v) is 7.40. The molecule has 0 aliphatic carbocycles. The van der Waals surface area contributed by atoms with Crippen LogP contribution < -0.4 is 4.89 Å². The Morgan fingerprint density at radius 2 is 0.966 bits per heavy atom. The van der Waals surface area contributed by atoms with E-state index in [1.54, 1.807) is 0 Å². The summed E-state index contributed by atoms with van der Waals surface area (Å²) in [7, 11) is 1.16. The number of carbonyl (C=O) groups excluding carboxylic acids is 2. The minimum absolute atomic E-state index is 0.0337. The largest absolute Gasteiger partial charge is 0.756 e. The third kappa shape index (κ3) is 45.6. The number of quaternary nitrogens is 1. The average molecular weight is 854 g/mol. The van der Waals surface area contributed by atoms with E-state index in [2.05, 4.69) is 50.3 Å². The number of phosphoric acid groups is 1. The first kappa shape index (κ1) is 57.2. The summed E-state index contributed by atoms with van der Waals surface area (Å²) in [6, 6.07) is 0. The van der Waals surface area contributed by atoms with E-state index in [1.807, 2.05) is 21.1 Å². The molecule has 0 saturated heterocycles. The molecule has 0 aromatic carbocycles. The Bertz CT molecular complexity index is 1100. The molecule has 0 aromatic rings. The summed E-state index contributed by atoms with van der Waals surface area (Å²) in [5.74, 6) is -0.847. The van der Waals surface area contributed by atoms with Gasteiger partial charge in [-0.1, -0.05) is 192 Å². The molecule has 0 aliphatic heterocycles. The minimum Gasteiger partial charge on any atom is -0.756 e. The predicted molar refractivity (Wildman–Crippen MR) is 245 cm³/mol. The van der Waals surface area contributed by atoms with Crippen LogP contribution in [0.3, 0.4) is 0 Å². The lowest BCUT2D eigenvalue weighted by atomic mass is 10.0. The summed E-state index contributed by atoms with van der Waals surface area (Å²) in [6.45, 7) is 4.12. The maximum atomic E-state index is 12.7. The summed E-state index contributed by atoms with van der Waals surface area (Å²) < 4.78 is 34.0. The van der Waals surface area contributed by atoms with E-state index < -0.39 is 26.5 Å². The highest BCUT2D eigenvalue weighted by atomic mass is 31.2. The number of hydrogen-bond acceptors (Lipinski definition) is 8. The molecular formula is C49H92NO8P. The number of phosphoric ester groups is 1. The highest BCUT2D eigenvalue weighted by Gasteiger charge is 2.21. The topological polar surface area (TPSA) is 111 Å². The van der Waals surface area contributed by atoms with Crippen LogP contribution >= 0.6 is 7.82 Å². The third-order valence-corrected chi connectivity index (χ3v) is 11.4. The van der Waals surface area contributed by atoms with E-state index in [9.17, 15) is 19.0 Å². The summed E-state index contributed by atoms with van der Waals surface area (Å²) in [5, 5.41) is 0. The van der Waals surface area contributed by atoms with Crippen LogP contribution in [0.1, 0.15) is 213 Å². The molecule has 0 rings (SSSR count). The van der Waals surface area contributed by atoms with Crippen LogP contribution in [0.2, 0.25) is 0 Å². The Morgan fingerprint density at radius 1 is 0.542 bits per heavy atom. The van der Waals surface area contributed by atoms with Crippen LogP contribution in [0, 0.1) is 0 Å². The molecule has 0 radical (unpaired) electrons. The SMILES string of the molecule is CC/C=C/C/C=C/C/C=C/CCCCCCCC(=O)O[C@H](COC(=O)CCCCCCCCCCCCCCCCCCCCCC)COP(=O)([O-])OCC[N+](C)(C)C. The normalized spacial score (nSPS) is 13.8. The van der Waals surface area contributed by atoms with Crippen molar-refractivity contribution in [2.75, 3.05) is 47.5 Å². The monoisotopic (exact) mass is 854 g/mol. The van der Waals surface area contributed by atoms with Crippen LogP contribution in [0.15, 0.2) is 36.5 Å². The zero-order valence-electron chi connectivity index (χ0n) is 39.0. The Balaban J connectivity index is 4.26. The van der Waals surface area contributed by atoms with Crippen molar-refractivity contribution < 1.29 is 42.1 Å². The van der Waals surface area contributed by atoms with Crippen molar-refractivity contribution in [3.05, 3.63) is 36.5 Å². The van der Waals surface area contributed by atoms with Crippen molar-refractivity contribution >= 4 is 19.8 Å². The molecule has 0 heterocycles. The van der Waals surface area contributed by atoms with E-state index in [1.165, 1.54) is 109 Å². The molecule has 0 aliphatic rings. The Kier molecular flexibility index (Phi) is 40.3. The molecular weight excluding hydrogens is 762 g/mol. The van der Waals surface area contributed by atoms with Gasteiger partial charge in [0, 0.05) is 12.8 Å². The third-order valence-electron chi connectivity index (χ3n) is 10.4. The first-order valence-corrected chi connectivity index (χ1v) is 25.7. The lowest BCUT2D eigenvalue weighted by molar-refractivity contribution is -0.870. The van der Waals surface area contributed by atoms with Gasteiger partial charge in [0.25, 0.3) is 7.82 Å². The molecule has 2 atom stereocenters. The maximum Gasteiger partial charge on any atom is 0.306 e. The summed E-state index contributed by atoms with van der Waals surface area (Å²) >= 11 is 0. The summed E-state index contributed by atoms with van der Waals surface area (Å²) in [6.07, 6.45) is 47.5. The van der Waals surface area contributed by atoms with Gasteiger partial charge in [0.2, 0.25) is 0 Å². The number of nitrogens with zero attached hydrogens (tertiary/aromatic N) is 1. The predicted octanol–water partition coefficient (Wildman–Crippen LogP) is 13.5. The number of rotatable bonds is 44. The van der Waals surface area contributed by atoms with Gasteiger partial charge in [-0.05, 0) is 44.9 Å². The van der Waals surface area contributed by atoms with Crippen molar-refractivity contribution in [2.24, 2.45) is 0 Å². The number of likely N-dealkylation sites (N-methyl/N-ethyl adjacent to an activating group) is 1. The van der Waals surface area contributed by atoms with Crippen LogP contribution in [-0.2, 0) is 32.7 Å². The van der Waals surface area contributed by atoms with E-state index in [0.29, 0.717) is 17.4 Å². The summed E-state index contributed by atoms with van der Waals surface area (Å²) in [4.78, 5) is 37.6. The molecule has 9 nitrogen and oxygen atoms in total. The van der Waals surface area contributed by atoms with Crippen LogP contribution in [0.25, 0.3) is 0 Å². The number of hydrogen-bond donors (Lipinski definition) is 0. The lowest BCUT2D eigenvalue weighted by Crippen LogP contribution is -2.37. The van der Waals surface area contributed by atoms with Gasteiger partial charge < -0.3 is 27.9 Å². The van der Waals surface area contributed by atoms with Gasteiger partial charge >= 0.3 is 11.9 Å². The fourth-order valence-electron chi connectivity index (χ4n) is 6.67. The van der Waals surface area contributed by atoms with Gasteiger partial charge in [-0.15, -0.1) is 0 Å². The Morgan fingerprint density at radius 3 is 1.44 bits per heavy atom. The van der Waals surface area contributed by atoms with Crippen LogP contribution in [0.4, 0.5) is 0 Å². The molecule has 0 N–H and O–H groups in total. The fraction of sp³-hybridized carbons (Fsp3) is 0.837. The van der Waals surface area contributed by atoms with Gasteiger partial charge in [-0.2, -0.15) is 0 Å². The van der Waals surface area contributed by atoms with E-state index in [-0.39, 0.29) is 32.0 Å². The maximum absolute atomic E-state index is 12.7. The molecule has 10 heteroatoms. The molecule has 1 unspecified atom stereocenters. The number of allylic oxidation sites excluding steroid dienone is 6. The second-order valence-corrected chi connectivity index (χ2v) is 18.9. The van der Waals surface area contributed by atoms with Gasteiger partial charge in [0.15, 0.2) is 6.10 Å². The average Bonchev–Trinajstić information content (AvgIpc) is 3.19. The molecule has 0 aromatic heterocycles. The number of esters is 2. The quantitative estimate of drug-likeness (QED) is 0.0196. The molecule has 0 fully saturated rings. The first-order chi connectivity index (χ1) is 28.5. The Hall–Kier alpha value is -1.77. The number of carbonyl (C=O) groups is 2. The number of unbranched alkanes of at least 4 members (excludes halogenated alkanes) is 24. The number of ether oxygens (including phenoxy) is 2. The highest BCUT2D eigenvalue weighted by Crippen LogP contribution is 2.38. The second-order valence-electron chi connectivity index (χ2n) is 17.5. The van der Waals surface area contributed by atoms with Gasteiger partial charge in [0.1, 0.15) is 19.8 Å². The molecule has 0 spiro atoms. The molecule has 0 amide bonds. The van der Waals surface area contributed by atoms with Gasteiger partial charge in [-0.25, -0.2) is 0 Å². The van der Waals surface area contributed by atoms with Crippen molar-refractivity contribution in [3.8, 4) is 0 Å². The zero-order valence-corrected chi connectivity index (χ0v) is 39.8. The van der Waals surface area contributed by atoms with Gasteiger partial charge in [-0.3, -0.25) is 14.2 Å².